The fraction of sp³-hybridized carbons (Fsp3) is 0.167. The predicted molar refractivity (Wildman–Crippen MR) is 121 cm³/mol. The molecule has 0 heterocycles. The van der Waals surface area contributed by atoms with E-state index < -0.39 is 5.91 Å². The molecule has 0 bridgehead atoms. The number of carbonyl (C=O) groups is 2. The molecular weight excluding hydrogens is 396 g/mol. The van der Waals surface area contributed by atoms with Crippen LogP contribution < -0.4 is 15.6 Å². The van der Waals surface area contributed by atoms with E-state index >= 15 is 0 Å². The molecule has 0 fully saturated rings. The van der Waals surface area contributed by atoms with E-state index in [4.69, 9.17) is 4.74 Å². The number of hydrogen-bond acceptors (Lipinski definition) is 4. The van der Waals surface area contributed by atoms with Crippen molar-refractivity contribution in [2.45, 2.75) is 12.7 Å². The molecule has 0 saturated carbocycles. The van der Waals surface area contributed by atoms with Crippen LogP contribution in [0.5, 0.6) is 5.75 Å². The van der Waals surface area contributed by atoms with E-state index in [9.17, 15) is 9.59 Å². The number of hydrazine groups is 1. The molecule has 0 aliphatic carbocycles. The number of ether oxygens (including phenoxy) is 1. The van der Waals surface area contributed by atoms with Crippen molar-refractivity contribution in [3.8, 4) is 16.9 Å². The van der Waals surface area contributed by atoms with E-state index in [-0.39, 0.29) is 12.5 Å². The summed E-state index contributed by atoms with van der Waals surface area (Å²) in [7, 11) is 0. The average Bonchev–Trinajstić information content (AvgIpc) is 2.81. The summed E-state index contributed by atoms with van der Waals surface area (Å²) in [5.74, 6) is 1.75. The molecule has 2 amide bonds. The molecule has 0 saturated heterocycles. The summed E-state index contributed by atoms with van der Waals surface area (Å²) >= 11 is 1.82. The lowest BCUT2D eigenvalue weighted by Gasteiger charge is -2.12. The highest BCUT2D eigenvalue weighted by Gasteiger charge is 2.10. The molecule has 154 valence electrons. The highest BCUT2D eigenvalue weighted by atomic mass is 32.2. The van der Waals surface area contributed by atoms with E-state index in [0.717, 1.165) is 28.2 Å². The normalized spacial score (nSPS) is 10.3. The standard InChI is InChI=1S/C24H24N2O3S/c1-2-30-17-18-12-14-20(15-13-18)24(28)26-25-23(27)16-29-22-11-7-6-10-21(22)19-8-4-3-5-9-19/h3-15H,2,16-17H2,1H3,(H,25,27)(H,26,28). The summed E-state index contributed by atoms with van der Waals surface area (Å²) in [4.78, 5) is 24.3. The molecule has 0 spiro atoms. The molecule has 3 aromatic carbocycles. The highest BCUT2D eigenvalue weighted by Crippen LogP contribution is 2.29. The second kappa shape index (κ2) is 11.1. The number of para-hydroxylation sites is 1. The van der Waals surface area contributed by atoms with Crippen molar-refractivity contribution in [3.05, 3.63) is 90.0 Å². The van der Waals surface area contributed by atoms with Gasteiger partial charge in [0.2, 0.25) is 0 Å². The van der Waals surface area contributed by atoms with Crippen LogP contribution in [0.1, 0.15) is 22.8 Å². The second-order valence-corrected chi connectivity index (χ2v) is 7.76. The van der Waals surface area contributed by atoms with Crippen molar-refractivity contribution in [2.24, 2.45) is 0 Å². The Morgan fingerprint density at radius 2 is 1.57 bits per heavy atom. The summed E-state index contributed by atoms with van der Waals surface area (Å²) in [6.07, 6.45) is 0. The molecule has 5 nitrogen and oxygen atoms in total. The molecular formula is C24H24N2O3S. The topological polar surface area (TPSA) is 67.4 Å². The Hall–Kier alpha value is -3.25. The lowest BCUT2D eigenvalue weighted by Crippen LogP contribution is -2.43. The maximum atomic E-state index is 12.2. The van der Waals surface area contributed by atoms with Crippen LogP contribution in [0.3, 0.4) is 0 Å². The summed E-state index contributed by atoms with van der Waals surface area (Å²) in [6, 6.07) is 24.7. The van der Waals surface area contributed by atoms with Gasteiger partial charge in [0.15, 0.2) is 6.61 Å². The fourth-order valence-electron chi connectivity index (χ4n) is 2.80. The molecule has 30 heavy (non-hydrogen) atoms. The number of carbonyl (C=O) groups excluding carboxylic acids is 2. The van der Waals surface area contributed by atoms with Gasteiger partial charge in [-0.2, -0.15) is 11.8 Å². The number of amides is 2. The van der Waals surface area contributed by atoms with Gasteiger partial charge in [-0.3, -0.25) is 20.4 Å². The zero-order valence-corrected chi connectivity index (χ0v) is 17.6. The Bertz CT molecular complexity index is 975. The summed E-state index contributed by atoms with van der Waals surface area (Å²) in [5.41, 5.74) is 8.36. The van der Waals surface area contributed by atoms with Crippen LogP contribution in [0.2, 0.25) is 0 Å². The van der Waals surface area contributed by atoms with E-state index in [1.165, 1.54) is 0 Å². The van der Waals surface area contributed by atoms with Gasteiger partial charge < -0.3 is 4.74 Å². The SMILES string of the molecule is CCSCc1ccc(C(=O)NNC(=O)COc2ccccc2-c2ccccc2)cc1. The van der Waals surface area contributed by atoms with Crippen LogP contribution in [-0.2, 0) is 10.5 Å². The maximum absolute atomic E-state index is 12.2. The Labute approximate surface area is 180 Å². The molecule has 0 unspecified atom stereocenters. The minimum atomic E-state index is -0.442. The van der Waals surface area contributed by atoms with Crippen LogP contribution in [0.4, 0.5) is 0 Å². The average molecular weight is 421 g/mol. The van der Waals surface area contributed by atoms with Gasteiger partial charge in [0.05, 0.1) is 0 Å². The number of hydrogen-bond donors (Lipinski definition) is 2. The van der Waals surface area contributed by atoms with Crippen molar-refractivity contribution in [3.63, 3.8) is 0 Å². The van der Waals surface area contributed by atoms with Crippen LogP contribution >= 0.6 is 11.8 Å². The van der Waals surface area contributed by atoms with Gasteiger partial charge in [-0.05, 0) is 35.1 Å². The molecule has 0 aromatic heterocycles. The fourth-order valence-corrected chi connectivity index (χ4v) is 3.43. The number of rotatable bonds is 8. The Balaban J connectivity index is 1.50. The molecule has 0 aliphatic rings. The Kier molecular flexibility index (Phi) is 7.92. The third-order valence-corrected chi connectivity index (χ3v) is 5.28. The molecule has 2 N–H and O–H groups in total. The minimum Gasteiger partial charge on any atom is -0.483 e. The Morgan fingerprint density at radius 1 is 0.867 bits per heavy atom. The number of nitrogens with one attached hydrogen (secondary N) is 2. The summed E-state index contributed by atoms with van der Waals surface area (Å²) < 4.78 is 5.68. The molecule has 6 heteroatoms. The van der Waals surface area contributed by atoms with E-state index in [2.05, 4.69) is 17.8 Å². The third kappa shape index (κ3) is 6.12. The van der Waals surface area contributed by atoms with Crippen molar-refractivity contribution in [1.29, 1.82) is 0 Å². The predicted octanol–water partition coefficient (Wildman–Crippen LogP) is 4.45. The quantitative estimate of drug-likeness (QED) is 0.529. The first-order chi connectivity index (χ1) is 14.7. The van der Waals surface area contributed by atoms with Gasteiger partial charge in [-0.1, -0.05) is 67.6 Å². The van der Waals surface area contributed by atoms with Gasteiger partial charge in [0, 0.05) is 16.9 Å². The first-order valence-corrected chi connectivity index (χ1v) is 10.9. The van der Waals surface area contributed by atoms with Crippen LogP contribution in [0.25, 0.3) is 11.1 Å². The number of benzene rings is 3. The van der Waals surface area contributed by atoms with Gasteiger partial charge in [-0.25, -0.2) is 0 Å². The third-order valence-electron chi connectivity index (χ3n) is 4.34. The van der Waals surface area contributed by atoms with Gasteiger partial charge >= 0.3 is 0 Å². The monoisotopic (exact) mass is 420 g/mol. The van der Waals surface area contributed by atoms with Gasteiger partial charge in [0.25, 0.3) is 11.8 Å². The van der Waals surface area contributed by atoms with E-state index in [1.54, 1.807) is 12.1 Å². The maximum Gasteiger partial charge on any atom is 0.276 e. The molecule has 3 rings (SSSR count). The van der Waals surface area contributed by atoms with E-state index in [1.807, 2.05) is 78.5 Å². The van der Waals surface area contributed by atoms with Gasteiger partial charge in [0.1, 0.15) is 5.75 Å². The lowest BCUT2D eigenvalue weighted by atomic mass is 10.1. The number of thioether (sulfide) groups is 1. The summed E-state index contributed by atoms with van der Waals surface area (Å²) in [6.45, 7) is 1.90. The second-order valence-electron chi connectivity index (χ2n) is 6.49. The van der Waals surface area contributed by atoms with Crippen LogP contribution in [-0.4, -0.2) is 24.2 Å². The lowest BCUT2D eigenvalue weighted by molar-refractivity contribution is -0.123. The van der Waals surface area contributed by atoms with Crippen LogP contribution in [0, 0.1) is 0 Å². The molecule has 0 aliphatic heterocycles. The zero-order valence-electron chi connectivity index (χ0n) is 16.8. The largest absolute Gasteiger partial charge is 0.483 e. The Morgan fingerprint density at radius 3 is 2.30 bits per heavy atom. The van der Waals surface area contributed by atoms with Crippen molar-refractivity contribution in [2.75, 3.05) is 12.4 Å². The van der Waals surface area contributed by atoms with Crippen molar-refractivity contribution >= 4 is 23.6 Å². The highest BCUT2D eigenvalue weighted by molar-refractivity contribution is 7.98. The molecule has 0 radical (unpaired) electrons. The molecule has 3 aromatic rings. The van der Waals surface area contributed by atoms with E-state index in [0.29, 0.717) is 11.3 Å². The molecule has 0 atom stereocenters. The van der Waals surface area contributed by atoms with Crippen molar-refractivity contribution < 1.29 is 14.3 Å². The van der Waals surface area contributed by atoms with Crippen molar-refractivity contribution in [1.82, 2.24) is 10.9 Å². The van der Waals surface area contributed by atoms with Gasteiger partial charge in [-0.15, -0.1) is 0 Å². The smallest absolute Gasteiger partial charge is 0.276 e. The van der Waals surface area contributed by atoms with Crippen LogP contribution in [0.15, 0.2) is 78.9 Å². The minimum absolute atomic E-state index is 0.211. The first-order valence-electron chi connectivity index (χ1n) is 9.70. The first kappa shape index (κ1) is 21.5. The zero-order chi connectivity index (χ0) is 21.2. The summed E-state index contributed by atoms with van der Waals surface area (Å²) in [5, 5.41) is 0.